The summed E-state index contributed by atoms with van der Waals surface area (Å²) in [5, 5.41) is 4.58. The van der Waals surface area contributed by atoms with E-state index >= 15 is 0 Å². The first-order valence-corrected chi connectivity index (χ1v) is 18.5. The molecule has 0 bridgehead atoms. The fraction of sp³-hybridized carbons (Fsp3) is 0.265. The molecule has 4 heterocycles. The SMILES string of the molecule is CCOC(=O)N1CCN(S(=O)(=O)c2ccc(C(=O)Nc3sc(Cc4ccc5c(c4)OCO5)c(C)c3-c3nc4ccccc4s3)cc2)CC1. The molecular formula is C34H32N4O7S3. The van der Waals surface area contributed by atoms with Crippen molar-refractivity contribution in [1.29, 1.82) is 0 Å². The van der Waals surface area contributed by atoms with Crippen LogP contribution in [0, 0.1) is 6.92 Å². The number of nitrogens with one attached hydrogen (secondary N) is 1. The van der Waals surface area contributed by atoms with E-state index in [1.54, 1.807) is 18.3 Å². The molecule has 0 saturated carbocycles. The van der Waals surface area contributed by atoms with Gasteiger partial charge in [-0.05, 0) is 73.5 Å². The number of thiazole rings is 1. The molecular weight excluding hydrogens is 673 g/mol. The van der Waals surface area contributed by atoms with Crippen molar-refractivity contribution in [1.82, 2.24) is 14.2 Å². The van der Waals surface area contributed by atoms with Gasteiger partial charge in [0.25, 0.3) is 5.91 Å². The number of carbonyl (C=O) groups excluding carboxylic acids is 2. The van der Waals surface area contributed by atoms with E-state index in [0.717, 1.165) is 42.5 Å². The summed E-state index contributed by atoms with van der Waals surface area (Å²) in [5.74, 6) is 1.08. The Labute approximate surface area is 285 Å². The molecule has 1 N–H and O–H groups in total. The van der Waals surface area contributed by atoms with E-state index < -0.39 is 16.1 Å². The summed E-state index contributed by atoms with van der Waals surface area (Å²) in [6, 6.07) is 19.8. The Kier molecular flexibility index (Phi) is 8.81. The van der Waals surface area contributed by atoms with Crippen molar-refractivity contribution in [2.45, 2.75) is 25.2 Å². The highest BCUT2D eigenvalue weighted by molar-refractivity contribution is 7.89. The van der Waals surface area contributed by atoms with Gasteiger partial charge in [0.05, 0.1) is 21.7 Å². The predicted octanol–water partition coefficient (Wildman–Crippen LogP) is 6.37. The molecule has 0 aliphatic carbocycles. The van der Waals surface area contributed by atoms with E-state index in [1.165, 1.54) is 44.8 Å². The lowest BCUT2D eigenvalue weighted by atomic mass is 10.1. The number of hydrogen-bond acceptors (Lipinski definition) is 10. The number of sulfonamides is 1. The monoisotopic (exact) mass is 704 g/mol. The molecule has 0 unspecified atom stereocenters. The van der Waals surface area contributed by atoms with Crippen LogP contribution in [0.2, 0.25) is 0 Å². The van der Waals surface area contributed by atoms with Crippen LogP contribution >= 0.6 is 22.7 Å². The van der Waals surface area contributed by atoms with Gasteiger partial charge in [0.2, 0.25) is 16.8 Å². The number of fused-ring (bicyclic) bond motifs is 2. The number of para-hydroxylation sites is 1. The number of anilines is 1. The number of piperazine rings is 1. The molecule has 2 amide bonds. The Morgan fingerprint density at radius 3 is 2.46 bits per heavy atom. The van der Waals surface area contributed by atoms with E-state index in [0.29, 0.717) is 22.7 Å². The van der Waals surface area contributed by atoms with Crippen LogP contribution in [0.15, 0.2) is 71.6 Å². The highest BCUT2D eigenvalue weighted by Crippen LogP contribution is 2.45. The lowest BCUT2D eigenvalue weighted by Crippen LogP contribution is -2.50. The van der Waals surface area contributed by atoms with Gasteiger partial charge in [-0.1, -0.05) is 18.2 Å². The number of ether oxygens (including phenoxy) is 3. The van der Waals surface area contributed by atoms with Crippen LogP contribution in [0.5, 0.6) is 11.5 Å². The van der Waals surface area contributed by atoms with E-state index in [4.69, 9.17) is 19.2 Å². The predicted molar refractivity (Wildman–Crippen MR) is 185 cm³/mol. The lowest BCUT2D eigenvalue weighted by molar-refractivity contribution is 0.0933. The van der Waals surface area contributed by atoms with Crippen LogP contribution in [0.4, 0.5) is 9.80 Å². The van der Waals surface area contributed by atoms with Gasteiger partial charge < -0.3 is 24.4 Å². The third-order valence-corrected chi connectivity index (χ3v) is 12.5. The second kappa shape index (κ2) is 13.2. The number of nitrogens with zero attached hydrogens (tertiary/aromatic N) is 3. The molecule has 1 fully saturated rings. The number of benzene rings is 3. The second-order valence-electron chi connectivity index (χ2n) is 11.3. The minimum atomic E-state index is -3.82. The van der Waals surface area contributed by atoms with Crippen LogP contribution in [-0.4, -0.2) is 74.2 Å². The Morgan fingerprint density at radius 2 is 1.71 bits per heavy atom. The zero-order chi connectivity index (χ0) is 33.4. The third-order valence-electron chi connectivity index (χ3n) is 8.30. The fourth-order valence-corrected chi connectivity index (χ4v) is 9.52. The van der Waals surface area contributed by atoms with E-state index in [1.807, 2.05) is 49.4 Å². The van der Waals surface area contributed by atoms with Crippen molar-refractivity contribution in [3.63, 3.8) is 0 Å². The van der Waals surface area contributed by atoms with Crippen molar-refractivity contribution in [2.24, 2.45) is 0 Å². The first kappa shape index (κ1) is 32.1. The minimum absolute atomic E-state index is 0.0804. The zero-order valence-electron chi connectivity index (χ0n) is 26.2. The van der Waals surface area contributed by atoms with Gasteiger partial charge in [-0.3, -0.25) is 4.79 Å². The first-order chi connectivity index (χ1) is 23.2. The highest BCUT2D eigenvalue weighted by atomic mass is 32.2. The highest BCUT2D eigenvalue weighted by Gasteiger charge is 2.31. The smallest absolute Gasteiger partial charge is 0.409 e. The molecule has 0 spiro atoms. The zero-order valence-corrected chi connectivity index (χ0v) is 28.7. The minimum Gasteiger partial charge on any atom is -0.454 e. The number of hydrogen-bond donors (Lipinski definition) is 1. The van der Waals surface area contributed by atoms with Crippen LogP contribution in [0.25, 0.3) is 20.8 Å². The molecule has 2 aromatic heterocycles. The molecule has 5 aromatic rings. The summed E-state index contributed by atoms with van der Waals surface area (Å²) in [7, 11) is -3.82. The van der Waals surface area contributed by atoms with Crippen molar-refractivity contribution in [3.05, 3.63) is 88.3 Å². The Balaban J connectivity index is 1.13. The topological polar surface area (TPSA) is 127 Å². The third kappa shape index (κ3) is 6.23. The molecule has 3 aromatic carbocycles. The second-order valence-corrected chi connectivity index (χ2v) is 15.3. The number of carbonyl (C=O) groups is 2. The Hall–Kier alpha value is -4.50. The molecule has 2 aliphatic rings. The molecule has 0 atom stereocenters. The maximum atomic E-state index is 13.6. The summed E-state index contributed by atoms with van der Waals surface area (Å²) in [4.78, 5) is 33.2. The molecule has 1 saturated heterocycles. The molecule has 0 radical (unpaired) electrons. The first-order valence-electron chi connectivity index (χ1n) is 15.4. The van der Waals surface area contributed by atoms with Gasteiger partial charge in [0.1, 0.15) is 10.0 Å². The molecule has 2 aliphatic heterocycles. The molecule has 14 heteroatoms. The van der Waals surface area contributed by atoms with Crippen LogP contribution in [-0.2, 0) is 21.2 Å². The summed E-state index contributed by atoms with van der Waals surface area (Å²) < 4.78 is 45.2. The average Bonchev–Trinajstić information content (AvgIpc) is 3.82. The maximum Gasteiger partial charge on any atom is 0.409 e. The van der Waals surface area contributed by atoms with Crippen molar-refractivity contribution >= 4 is 59.9 Å². The quantitative estimate of drug-likeness (QED) is 0.198. The van der Waals surface area contributed by atoms with Crippen molar-refractivity contribution in [2.75, 3.05) is 44.9 Å². The van der Waals surface area contributed by atoms with Crippen molar-refractivity contribution < 1.29 is 32.2 Å². The Bertz CT molecular complexity index is 2090. The normalized spacial score (nSPS) is 14.8. The van der Waals surface area contributed by atoms with E-state index in [-0.39, 0.29) is 50.4 Å². The summed E-state index contributed by atoms with van der Waals surface area (Å²) in [6.07, 6.45) is 0.179. The number of amides is 2. The molecule has 248 valence electrons. The van der Waals surface area contributed by atoms with Crippen LogP contribution < -0.4 is 14.8 Å². The fourth-order valence-electron chi connectivity index (χ4n) is 5.72. The number of rotatable bonds is 8. The summed E-state index contributed by atoms with van der Waals surface area (Å²) >= 11 is 3.06. The van der Waals surface area contributed by atoms with Gasteiger partial charge >= 0.3 is 6.09 Å². The van der Waals surface area contributed by atoms with Crippen LogP contribution in [0.3, 0.4) is 0 Å². The van der Waals surface area contributed by atoms with Gasteiger partial charge in [0.15, 0.2) is 11.5 Å². The van der Waals surface area contributed by atoms with Gasteiger partial charge in [-0.2, -0.15) is 4.31 Å². The van der Waals surface area contributed by atoms with Crippen LogP contribution in [0.1, 0.15) is 33.3 Å². The van der Waals surface area contributed by atoms with Gasteiger partial charge in [-0.25, -0.2) is 18.2 Å². The maximum absolute atomic E-state index is 13.6. The van der Waals surface area contributed by atoms with E-state index in [9.17, 15) is 18.0 Å². The largest absolute Gasteiger partial charge is 0.454 e. The number of thiophene rings is 1. The average molecular weight is 705 g/mol. The summed E-state index contributed by atoms with van der Waals surface area (Å²) in [5.41, 5.74) is 4.15. The lowest BCUT2D eigenvalue weighted by Gasteiger charge is -2.33. The Morgan fingerprint density at radius 1 is 0.958 bits per heavy atom. The van der Waals surface area contributed by atoms with E-state index in [2.05, 4.69) is 5.32 Å². The standard InChI is InChI=1S/C34H32N4O7S3/c1-3-43-34(40)37-14-16-38(17-15-37)48(41,42)24-11-9-23(10-12-24)31(39)36-33-30(32-35-25-6-4-5-7-28(25)46-32)21(2)29(47-33)19-22-8-13-26-27(18-22)45-20-44-26/h4-13,18H,3,14-17,19-20H2,1-2H3,(H,36,39). The number of aromatic nitrogens is 1. The molecule has 11 nitrogen and oxygen atoms in total. The molecule has 48 heavy (non-hydrogen) atoms. The molecule has 7 rings (SSSR count). The van der Waals surface area contributed by atoms with Gasteiger partial charge in [0, 0.05) is 48.6 Å². The van der Waals surface area contributed by atoms with Crippen molar-refractivity contribution in [3.8, 4) is 22.1 Å². The summed E-state index contributed by atoms with van der Waals surface area (Å²) in [6.45, 7) is 5.03. The van der Waals surface area contributed by atoms with Gasteiger partial charge in [-0.15, -0.1) is 22.7 Å².